The van der Waals surface area contributed by atoms with Gasteiger partial charge in [-0.25, -0.2) is 4.39 Å². The number of amides is 2. The Morgan fingerprint density at radius 3 is 2.16 bits per heavy atom. The van der Waals surface area contributed by atoms with Gasteiger partial charge in [0.15, 0.2) is 0 Å². The molecule has 4 unspecified atom stereocenters. The molecular weight excluding hydrogens is 610 g/mol. The van der Waals surface area contributed by atoms with E-state index in [0.29, 0.717) is 10.8 Å². The number of ether oxygens (including phenoxy) is 1. The molecule has 2 aliphatic rings. The lowest BCUT2D eigenvalue weighted by molar-refractivity contribution is -0.166. The fourth-order valence-corrected chi connectivity index (χ4v) is 6.35. The summed E-state index contributed by atoms with van der Waals surface area (Å²) in [4.78, 5) is 28.4. The van der Waals surface area contributed by atoms with Gasteiger partial charge in [0.25, 0.3) is 5.91 Å². The van der Waals surface area contributed by atoms with E-state index in [4.69, 9.17) is 27.9 Å². The minimum Gasteiger partial charge on any atom is -0.365 e. The van der Waals surface area contributed by atoms with Crippen LogP contribution in [0.2, 0.25) is 10.0 Å². The predicted octanol–water partition coefficient (Wildman–Crippen LogP) is 7.44. The molecule has 6 nitrogen and oxygen atoms in total. The highest BCUT2D eigenvalue weighted by molar-refractivity contribution is 7.86. The maximum Gasteiger partial charge on any atom is 0.253 e. The number of nitrogens with zero attached hydrogens (tertiary/aromatic N) is 1. The number of hydrogen-bond acceptors (Lipinski definition) is 4. The Hall–Kier alpha value is -2.78. The highest BCUT2D eigenvalue weighted by Gasteiger charge is 2.47. The normalized spacial score (nSPS) is 20.0. The van der Waals surface area contributed by atoms with Crippen LogP contribution in [-0.2, 0) is 25.1 Å². The minimum absolute atomic E-state index is 0.0538. The SMILES string of the molecule is CC(C)(C)S(=O)CC(C1CC1)N1C(=O)C(CC(=O)Nc2ccccc2F)OCC1c1ccc(Cl)cc1.Clc1ccccc1. The summed E-state index contributed by atoms with van der Waals surface area (Å²) in [6.07, 6.45) is 0.673. The van der Waals surface area contributed by atoms with E-state index in [-0.39, 0.29) is 42.6 Å². The van der Waals surface area contributed by atoms with Gasteiger partial charge in [-0.1, -0.05) is 65.7 Å². The van der Waals surface area contributed by atoms with Crippen molar-refractivity contribution in [3.8, 4) is 0 Å². The van der Waals surface area contributed by atoms with Crippen LogP contribution in [0.5, 0.6) is 0 Å². The molecule has 10 heteroatoms. The van der Waals surface area contributed by atoms with Crippen molar-refractivity contribution in [1.29, 1.82) is 0 Å². The highest BCUT2D eigenvalue weighted by Crippen LogP contribution is 2.42. The number of nitrogens with one attached hydrogen (secondary N) is 1. The molecule has 2 fully saturated rings. The van der Waals surface area contributed by atoms with Crippen LogP contribution in [0.3, 0.4) is 0 Å². The van der Waals surface area contributed by atoms with E-state index >= 15 is 0 Å². The van der Waals surface area contributed by atoms with Gasteiger partial charge in [0.1, 0.15) is 11.9 Å². The van der Waals surface area contributed by atoms with Crippen molar-refractivity contribution in [3.05, 3.63) is 100 Å². The van der Waals surface area contributed by atoms with E-state index in [9.17, 15) is 18.2 Å². The molecule has 43 heavy (non-hydrogen) atoms. The van der Waals surface area contributed by atoms with Gasteiger partial charge in [0.2, 0.25) is 5.91 Å². The van der Waals surface area contributed by atoms with E-state index in [2.05, 4.69) is 5.32 Å². The van der Waals surface area contributed by atoms with E-state index in [1.54, 1.807) is 23.1 Å². The van der Waals surface area contributed by atoms with E-state index in [1.807, 2.05) is 63.2 Å². The third-order valence-electron chi connectivity index (χ3n) is 7.36. The molecule has 3 aromatic carbocycles. The topological polar surface area (TPSA) is 75.7 Å². The Bertz CT molecular complexity index is 1410. The maximum atomic E-state index is 14.0. The number of para-hydroxylation sites is 1. The summed E-state index contributed by atoms with van der Waals surface area (Å²) in [5.41, 5.74) is 0.923. The molecule has 1 N–H and O–H groups in total. The smallest absolute Gasteiger partial charge is 0.253 e. The molecular formula is C33H37Cl2FN2O4S. The number of hydrogen-bond donors (Lipinski definition) is 1. The Balaban J connectivity index is 0.000000530. The van der Waals surface area contributed by atoms with Crippen molar-refractivity contribution in [2.45, 2.75) is 63.0 Å². The lowest BCUT2D eigenvalue weighted by Crippen LogP contribution is -2.57. The van der Waals surface area contributed by atoms with Gasteiger partial charge >= 0.3 is 0 Å². The fraction of sp³-hybridized carbons (Fsp3) is 0.394. The summed E-state index contributed by atoms with van der Waals surface area (Å²) in [6.45, 7) is 5.98. The number of anilines is 1. The predicted molar refractivity (Wildman–Crippen MR) is 171 cm³/mol. The molecule has 230 valence electrons. The van der Waals surface area contributed by atoms with Gasteiger partial charge in [-0.05, 0) is 81.5 Å². The summed E-state index contributed by atoms with van der Waals surface area (Å²) in [7, 11) is -1.17. The van der Waals surface area contributed by atoms with Crippen molar-refractivity contribution in [2.75, 3.05) is 17.7 Å². The van der Waals surface area contributed by atoms with E-state index in [0.717, 1.165) is 23.4 Å². The summed E-state index contributed by atoms with van der Waals surface area (Å²) < 4.78 is 32.7. The Morgan fingerprint density at radius 2 is 1.60 bits per heavy atom. The zero-order valence-corrected chi connectivity index (χ0v) is 26.8. The molecule has 3 aromatic rings. The van der Waals surface area contributed by atoms with Crippen LogP contribution in [0, 0.1) is 11.7 Å². The summed E-state index contributed by atoms with van der Waals surface area (Å²) in [5, 5.41) is 3.91. The van der Waals surface area contributed by atoms with Crippen molar-refractivity contribution in [3.63, 3.8) is 0 Å². The Morgan fingerprint density at radius 1 is 1.00 bits per heavy atom. The average Bonchev–Trinajstić information content (AvgIpc) is 3.81. The van der Waals surface area contributed by atoms with Gasteiger partial charge in [-0.3, -0.25) is 13.8 Å². The Kier molecular flexibility index (Phi) is 11.4. The molecule has 5 rings (SSSR count). The van der Waals surface area contributed by atoms with Gasteiger partial charge in [0.05, 0.1) is 24.8 Å². The lowest BCUT2D eigenvalue weighted by Gasteiger charge is -2.44. The molecule has 0 spiro atoms. The zero-order chi connectivity index (χ0) is 31.1. The number of carbonyl (C=O) groups excluding carboxylic acids is 2. The largest absolute Gasteiger partial charge is 0.365 e. The van der Waals surface area contributed by atoms with Crippen molar-refractivity contribution >= 4 is 51.5 Å². The Labute approximate surface area is 265 Å². The van der Waals surface area contributed by atoms with Crippen LogP contribution >= 0.6 is 23.2 Å². The molecule has 0 bridgehead atoms. The van der Waals surface area contributed by atoms with Gasteiger partial charge in [-0.2, -0.15) is 0 Å². The molecule has 4 atom stereocenters. The number of carbonyl (C=O) groups is 2. The van der Waals surface area contributed by atoms with Crippen LogP contribution in [0.25, 0.3) is 0 Å². The standard InChI is InChI=1S/C27H32ClFN2O4S.C6H5Cl/c1-27(2,3)36(34)16-23(18-8-9-18)31-22(17-10-12-19(28)13-11-17)15-35-24(26(31)33)14-25(32)30-21-7-5-4-6-20(21)29;7-6-4-2-1-3-5-6/h4-7,10-13,18,22-24H,8-9,14-16H2,1-3H3,(H,30,32);1-5H. The first kappa shape index (κ1) is 33.1. The lowest BCUT2D eigenvalue weighted by atomic mass is 9.98. The molecule has 0 radical (unpaired) electrons. The zero-order valence-electron chi connectivity index (χ0n) is 24.5. The van der Waals surface area contributed by atoms with Crippen LogP contribution in [0.15, 0.2) is 78.9 Å². The third-order valence-corrected chi connectivity index (χ3v) is 9.87. The van der Waals surface area contributed by atoms with Crippen molar-refractivity contribution in [2.24, 2.45) is 5.92 Å². The van der Waals surface area contributed by atoms with Crippen LogP contribution in [0.1, 0.15) is 51.6 Å². The monoisotopic (exact) mass is 646 g/mol. The molecule has 1 aliphatic heterocycles. The van der Waals surface area contributed by atoms with Crippen molar-refractivity contribution in [1.82, 2.24) is 4.90 Å². The summed E-state index contributed by atoms with van der Waals surface area (Å²) in [6, 6.07) is 22.0. The fourth-order valence-electron chi connectivity index (χ4n) is 4.84. The molecule has 1 heterocycles. The van der Waals surface area contributed by atoms with Crippen LogP contribution < -0.4 is 5.32 Å². The second kappa shape index (κ2) is 14.8. The second-order valence-electron chi connectivity index (χ2n) is 11.7. The number of benzene rings is 3. The molecule has 1 saturated carbocycles. The van der Waals surface area contributed by atoms with E-state index < -0.39 is 33.4 Å². The molecule has 0 aromatic heterocycles. The van der Waals surface area contributed by atoms with Gasteiger partial charge in [-0.15, -0.1) is 0 Å². The van der Waals surface area contributed by atoms with Gasteiger partial charge < -0.3 is 15.0 Å². The highest BCUT2D eigenvalue weighted by atomic mass is 35.5. The van der Waals surface area contributed by atoms with Gasteiger partial charge in [0, 0.05) is 37.4 Å². The third kappa shape index (κ3) is 9.35. The first-order chi connectivity index (χ1) is 20.4. The first-order valence-electron chi connectivity index (χ1n) is 14.3. The average molecular weight is 648 g/mol. The second-order valence-corrected chi connectivity index (χ2v) is 14.8. The summed E-state index contributed by atoms with van der Waals surface area (Å²) in [5.74, 6) is -0.763. The molecule has 2 amide bonds. The molecule has 1 saturated heterocycles. The minimum atomic E-state index is -1.17. The van der Waals surface area contributed by atoms with E-state index in [1.165, 1.54) is 18.2 Å². The van der Waals surface area contributed by atoms with Crippen molar-refractivity contribution < 1.29 is 22.9 Å². The molecule has 1 aliphatic carbocycles. The number of halogens is 3. The van der Waals surface area contributed by atoms with Crippen LogP contribution in [-0.4, -0.2) is 50.2 Å². The van der Waals surface area contributed by atoms with Crippen LogP contribution in [0.4, 0.5) is 10.1 Å². The number of rotatable bonds is 8. The quantitative estimate of drug-likeness (QED) is 0.276. The summed E-state index contributed by atoms with van der Waals surface area (Å²) >= 11 is 11.6. The first-order valence-corrected chi connectivity index (χ1v) is 16.3. The maximum absolute atomic E-state index is 14.0. The number of morpholine rings is 1.